The molecule has 0 bridgehead atoms. The summed E-state index contributed by atoms with van der Waals surface area (Å²) in [6.07, 6.45) is 0. The van der Waals surface area contributed by atoms with Gasteiger partial charge in [-0.1, -0.05) is 34.7 Å². The Balaban J connectivity index is 1.55. The Labute approximate surface area is 142 Å². The highest BCUT2D eigenvalue weighted by Gasteiger charge is 2.13. The lowest BCUT2D eigenvalue weighted by Gasteiger charge is -1.97. The van der Waals surface area contributed by atoms with Crippen LogP contribution in [0, 0.1) is 6.92 Å². The number of amides is 1. The second-order valence-electron chi connectivity index (χ2n) is 3.94. The van der Waals surface area contributed by atoms with Crippen LogP contribution in [-0.2, 0) is 4.79 Å². The zero-order valence-electron chi connectivity index (χ0n) is 11.1. The number of anilines is 1. The van der Waals surface area contributed by atoms with Crippen molar-refractivity contribution in [3.63, 3.8) is 0 Å². The quantitative estimate of drug-likeness (QED) is 0.685. The summed E-state index contributed by atoms with van der Waals surface area (Å²) in [6.45, 7) is 1.82. The van der Waals surface area contributed by atoms with E-state index in [1.165, 1.54) is 22.7 Å². The van der Waals surface area contributed by atoms with Gasteiger partial charge in [-0.15, -0.1) is 31.7 Å². The van der Waals surface area contributed by atoms with Gasteiger partial charge >= 0.3 is 0 Å². The number of carbonyl (C=O) groups is 1. The van der Waals surface area contributed by atoms with E-state index in [2.05, 4.69) is 25.7 Å². The number of nitrogens with zero attached hydrogens (tertiary/aromatic N) is 4. The molecule has 0 atom stereocenters. The minimum atomic E-state index is -0.208. The molecular weight excluding hydrogens is 366 g/mol. The maximum Gasteiger partial charge on any atom is 0.277 e. The van der Waals surface area contributed by atoms with Crippen molar-refractivity contribution >= 4 is 57.1 Å². The topological polar surface area (TPSA) is 93.8 Å². The smallest absolute Gasteiger partial charge is 0.277 e. The van der Waals surface area contributed by atoms with Gasteiger partial charge in [-0.2, -0.15) is 0 Å². The van der Waals surface area contributed by atoms with Crippen molar-refractivity contribution in [3.05, 3.63) is 21.5 Å². The first kappa shape index (κ1) is 15.4. The zero-order valence-corrected chi connectivity index (χ0v) is 14.3. The van der Waals surface area contributed by atoms with Gasteiger partial charge in [0.05, 0.1) is 15.0 Å². The first-order valence-electron chi connectivity index (χ1n) is 5.92. The van der Waals surface area contributed by atoms with Gasteiger partial charge in [0.1, 0.15) is 5.01 Å². The lowest BCUT2D eigenvalue weighted by atomic mass is 10.5. The molecule has 1 amide bonds. The molecule has 11 heteroatoms. The Morgan fingerprint density at radius 1 is 1.32 bits per heavy atom. The standard InChI is InChI=1S/C11H8ClN5O2S3/c1-5-14-16-10(21-5)13-8(18)4-20-11-17-15-9(19-11)6-2-3-7(12)22-6/h2-3H,4H2,1H3,(H,13,16,18). The monoisotopic (exact) mass is 373 g/mol. The van der Waals surface area contributed by atoms with Crippen molar-refractivity contribution in [2.75, 3.05) is 11.1 Å². The van der Waals surface area contributed by atoms with E-state index >= 15 is 0 Å². The molecule has 3 heterocycles. The zero-order chi connectivity index (χ0) is 15.5. The van der Waals surface area contributed by atoms with Crippen LogP contribution in [0.25, 0.3) is 10.8 Å². The molecule has 0 spiro atoms. The van der Waals surface area contributed by atoms with Gasteiger partial charge in [0, 0.05) is 0 Å². The van der Waals surface area contributed by atoms with Crippen LogP contribution in [0.5, 0.6) is 0 Å². The highest BCUT2D eigenvalue weighted by molar-refractivity contribution is 7.99. The van der Waals surface area contributed by atoms with Crippen molar-refractivity contribution < 1.29 is 9.21 Å². The first-order valence-corrected chi connectivity index (χ1v) is 8.92. The maximum absolute atomic E-state index is 11.8. The highest BCUT2D eigenvalue weighted by Crippen LogP contribution is 2.31. The van der Waals surface area contributed by atoms with Crippen LogP contribution in [0.1, 0.15) is 5.01 Å². The van der Waals surface area contributed by atoms with Crippen LogP contribution in [0.3, 0.4) is 0 Å². The molecule has 0 fully saturated rings. The lowest BCUT2D eigenvalue weighted by molar-refractivity contribution is -0.113. The average molecular weight is 374 g/mol. The SMILES string of the molecule is Cc1nnc(NC(=O)CSc2nnc(-c3ccc(Cl)s3)o2)s1. The molecular formula is C11H8ClN5O2S3. The fourth-order valence-electron chi connectivity index (χ4n) is 1.43. The van der Waals surface area contributed by atoms with Gasteiger partial charge in [-0.25, -0.2) is 0 Å². The minimum absolute atomic E-state index is 0.144. The molecule has 1 N–H and O–H groups in total. The molecule has 0 saturated carbocycles. The number of hydrogen-bond donors (Lipinski definition) is 1. The molecule has 0 aliphatic heterocycles. The third-order valence-electron chi connectivity index (χ3n) is 2.29. The number of aryl methyl sites for hydroxylation is 1. The van der Waals surface area contributed by atoms with Gasteiger partial charge in [-0.05, 0) is 19.1 Å². The molecule has 0 unspecified atom stereocenters. The number of thiophene rings is 1. The Kier molecular flexibility index (Phi) is 4.71. The van der Waals surface area contributed by atoms with Gasteiger partial charge in [-0.3, -0.25) is 10.1 Å². The summed E-state index contributed by atoms with van der Waals surface area (Å²) in [5.41, 5.74) is 0. The summed E-state index contributed by atoms with van der Waals surface area (Å²) in [4.78, 5) is 12.6. The van der Waals surface area contributed by atoms with Crippen molar-refractivity contribution in [1.29, 1.82) is 0 Å². The van der Waals surface area contributed by atoms with E-state index in [0.717, 1.165) is 21.6 Å². The molecule has 3 aromatic heterocycles. The fourth-order valence-corrected chi connectivity index (χ4v) is 3.56. The summed E-state index contributed by atoms with van der Waals surface area (Å²) in [5, 5.41) is 19.7. The van der Waals surface area contributed by atoms with Crippen LogP contribution in [0.2, 0.25) is 4.34 Å². The Morgan fingerprint density at radius 2 is 2.18 bits per heavy atom. The number of aromatic nitrogens is 4. The van der Waals surface area contributed by atoms with E-state index in [4.69, 9.17) is 16.0 Å². The third-order valence-corrected chi connectivity index (χ3v) is 5.08. The minimum Gasteiger partial charge on any atom is -0.410 e. The molecule has 0 radical (unpaired) electrons. The van der Waals surface area contributed by atoms with Gasteiger partial charge < -0.3 is 4.42 Å². The largest absolute Gasteiger partial charge is 0.410 e. The number of rotatable bonds is 5. The summed E-state index contributed by atoms with van der Waals surface area (Å²) >= 11 is 9.68. The number of halogens is 1. The van der Waals surface area contributed by atoms with E-state index in [1.807, 2.05) is 6.92 Å². The molecule has 0 aromatic carbocycles. The van der Waals surface area contributed by atoms with Crippen molar-refractivity contribution in [1.82, 2.24) is 20.4 Å². The van der Waals surface area contributed by atoms with Crippen LogP contribution >= 0.6 is 46.0 Å². The maximum atomic E-state index is 11.8. The van der Waals surface area contributed by atoms with Crippen LogP contribution < -0.4 is 5.32 Å². The Hall–Kier alpha value is -1.49. The molecule has 114 valence electrons. The van der Waals surface area contributed by atoms with E-state index < -0.39 is 0 Å². The molecule has 0 aliphatic rings. The van der Waals surface area contributed by atoms with Gasteiger partial charge in [0.2, 0.25) is 11.0 Å². The van der Waals surface area contributed by atoms with E-state index in [0.29, 0.717) is 20.6 Å². The van der Waals surface area contributed by atoms with Crippen LogP contribution in [0.4, 0.5) is 5.13 Å². The van der Waals surface area contributed by atoms with Crippen LogP contribution in [0.15, 0.2) is 21.8 Å². The van der Waals surface area contributed by atoms with Crippen LogP contribution in [-0.4, -0.2) is 32.1 Å². The van der Waals surface area contributed by atoms with E-state index in [1.54, 1.807) is 12.1 Å². The number of thioether (sulfide) groups is 1. The lowest BCUT2D eigenvalue weighted by Crippen LogP contribution is -2.13. The number of carbonyl (C=O) groups excluding carboxylic acids is 1. The number of hydrogen-bond acceptors (Lipinski definition) is 9. The van der Waals surface area contributed by atoms with E-state index in [-0.39, 0.29) is 11.7 Å². The third kappa shape index (κ3) is 3.83. The molecule has 22 heavy (non-hydrogen) atoms. The molecule has 3 rings (SSSR count). The fraction of sp³-hybridized carbons (Fsp3) is 0.182. The second kappa shape index (κ2) is 6.73. The summed E-state index contributed by atoms with van der Waals surface area (Å²) in [6, 6.07) is 3.57. The van der Waals surface area contributed by atoms with Crippen molar-refractivity contribution in [3.8, 4) is 10.8 Å². The Morgan fingerprint density at radius 3 is 2.86 bits per heavy atom. The normalized spacial score (nSPS) is 10.8. The molecule has 7 nitrogen and oxygen atoms in total. The van der Waals surface area contributed by atoms with Gasteiger partial charge in [0.15, 0.2) is 0 Å². The van der Waals surface area contributed by atoms with Crippen molar-refractivity contribution in [2.45, 2.75) is 12.1 Å². The predicted octanol–water partition coefficient (Wildman–Crippen LogP) is 3.34. The summed E-state index contributed by atoms with van der Waals surface area (Å²) in [5.74, 6) is 0.325. The summed E-state index contributed by atoms with van der Waals surface area (Å²) in [7, 11) is 0. The number of nitrogens with one attached hydrogen (secondary N) is 1. The predicted molar refractivity (Wildman–Crippen MR) is 86.6 cm³/mol. The Bertz CT molecular complexity index is 799. The first-order chi connectivity index (χ1) is 10.6. The molecule has 0 saturated heterocycles. The highest BCUT2D eigenvalue weighted by atomic mass is 35.5. The molecule has 0 aliphatic carbocycles. The molecule has 3 aromatic rings. The van der Waals surface area contributed by atoms with Gasteiger partial charge in [0.25, 0.3) is 11.1 Å². The van der Waals surface area contributed by atoms with Crippen molar-refractivity contribution in [2.24, 2.45) is 0 Å². The van der Waals surface area contributed by atoms with E-state index in [9.17, 15) is 4.79 Å². The average Bonchev–Trinajstić information content (AvgIpc) is 3.18. The summed E-state index contributed by atoms with van der Waals surface area (Å²) < 4.78 is 6.12. The second-order valence-corrected chi connectivity index (χ2v) is 7.76.